The lowest BCUT2D eigenvalue weighted by Crippen LogP contribution is -2.32. The number of hydrogen-bond acceptors (Lipinski definition) is 1. The van der Waals surface area contributed by atoms with E-state index in [0.29, 0.717) is 11.5 Å². The molecular weight excluding hydrogens is 251 g/mol. The van der Waals surface area contributed by atoms with E-state index in [1.165, 1.54) is 31.7 Å². The van der Waals surface area contributed by atoms with Crippen LogP contribution in [0.15, 0.2) is 24.3 Å². The minimum atomic E-state index is -4.27. The third-order valence-electron chi connectivity index (χ3n) is 4.04. The normalized spacial score (nSPS) is 18.7. The molecule has 0 heterocycles. The van der Waals surface area contributed by atoms with Crippen molar-refractivity contribution in [2.45, 2.75) is 51.4 Å². The van der Waals surface area contributed by atoms with Gasteiger partial charge < -0.3 is 5.32 Å². The Labute approximate surface area is 112 Å². The van der Waals surface area contributed by atoms with Crippen molar-refractivity contribution < 1.29 is 13.2 Å². The monoisotopic (exact) mass is 271 g/mol. The summed E-state index contributed by atoms with van der Waals surface area (Å²) in [6.07, 6.45) is 0.602. The average Bonchev–Trinajstić information content (AvgIpc) is 2.89. The summed E-state index contributed by atoms with van der Waals surface area (Å²) in [6.45, 7) is 2.36. The van der Waals surface area contributed by atoms with Gasteiger partial charge in [-0.15, -0.1) is 0 Å². The second-order valence-corrected chi connectivity index (χ2v) is 5.37. The maximum absolute atomic E-state index is 12.8. The highest BCUT2D eigenvalue weighted by atomic mass is 19.4. The number of nitrogens with one attached hydrogen (secondary N) is 1. The van der Waals surface area contributed by atoms with Crippen molar-refractivity contribution in [1.82, 2.24) is 5.32 Å². The smallest absolute Gasteiger partial charge is 0.310 e. The van der Waals surface area contributed by atoms with Crippen molar-refractivity contribution in [2.75, 3.05) is 0 Å². The van der Waals surface area contributed by atoms with E-state index < -0.39 is 11.7 Å². The molecule has 1 N–H and O–H groups in total. The molecule has 1 aromatic carbocycles. The van der Waals surface area contributed by atoms with Crippen LogP contribution < -0.4 is 5.32 Å². The van der Waals surface area contributed by atoms with E-state index in [2.05, 4.69) is 12.2 Å². The fourth-order valence-corrected chi connectivity index (χ4v) is 2.85. The van der Waals surface area contributed by atoms with Gasteiger partial charge in [-0.1, -0.05) is 31.0 Å². The zero-order chi connectivity index (χ0) is 13.9. The topological polar surface area (TPSA) is 12.0 Å². The van der Waals surface area contributed by atoms with Crippen LogP contribution in [-0.2, 0) is 12.7 Å². The maximum Gasteiger partial charge on any atom is 0.416 e. The molecule has 1 aliphatic carbocycles. The molecule has 1 fully saturated rings. The summed E-state index contributed by atoms with van der Waals surface area (Å²) in [5.74, 6) is 0.609. The van der Waals surface area contributed by atoms with E-state index in [0.717, 1.165) is 6.07 Å². The number of benzene rings is 1. The van der Waals surface area contributed by atoms with Crippen molar-refractivity contribution in [3.05, 3.63) is 35.4 Å². The van der Waals surface area contributed by atoms with Crippen LogP contribution >= 0.6 is 0 Å². The molecule has 0 aromatic heterocycles. The summed E-state index contributed by atoms with van der Waals surface area (Å²) in [5.41, 5.74) is -0.194. The van der Waals surface area contributed by atoms with Gasteiger partial charge in [0.1, 0.15) is 0 Å². The minimum Gasteiger partial charge on any atom is -0.310 e. The zero-order valence-corrected chi connectivity index (χ0v) is 11.1. The molecule has 0 saturated heterocycles. The lowest BCUT2D eigenvalue weighted by Gasteiger charge is -2.21. The van der Waals surface area contributed by atoms with Crippen LogP contribution in [0.3, 0.4) is 0 Å². The third-order valence-corrected chi connectivity index (χ3v) is 4.04. The Morgan fingerprint density at radius 1 is 1.21 bits per heavy atom. The van der Waals surface area contributed by atoms with Gasteiger partial charge >= 0.3 is 6.18 Å². The second kappa shape index (κ2) is 5.95. The van der Waals surface area contributed by atoms with Crippen LogP contribution in [0, 0.1) is 5.92 Å². The van der Waals surface area contributed by atoms with E-state index in [1.807, 2.05) is 0 Å². The molecule has 1 aromatic rings. The van der Waals surface area contributed by atoms with Crippen molar-refractivity contribution in [2.24, 2.45) is 5.92 Å². The first-order chi connectivity index (χ1) is 8.98. The Balaban J connectivity index is 1.99. The van der Waals surface area contributed by atoms with Crippen LogP contribution in [-0.4, -0.2) is 6.04 Å². The molecule has 4 heteroatoms. The van der Waals surface area contributed by atoms with E-state index in [4.69, 9.17) is 0 Å². The molecule has 1 saturated carbocycles. The highest BCUT2D eigenvalue weighted by Crippen LogP contribution is 2.32. The molecule has 1 atom stereocenters. The molecule has 0 bridgehead atoms. The predicted octanol–water partition coefficient (Wildman–Crippen LogP) is 4.37. The van der Waals surface area contributed by atoms with Gasteiger partial charge in [0.25, 0.3) is 0 Å². The van der Waals surface area contributed by atoms with Gasteiger partial charge in [-0.2, -0.15) is 13.2 Å². The first-order valence-electron chi connectivity index (χ1n) is 6.87. The average molecular weight is 271 g/mol. The number of halogens is 3. The molecule has 0 aliphatic heterocycles. The van der Waals surface area contributed by atoms with Crippen LogP contribution in [0.1, 0.15) is 43.7 Å². The summed E-state index contributed by atoms with van der Waals surface area (Å²) in [6, 6.07) is 6.08. The Morgan fingerprint density at radius 3 is 2.47 bits per heavy atom. The van der Waals surface area contributed by atoms with Crippen molar-refractivity contribution in [3.63, 3.8) is 0 Å². The molecule has 0 unspecified atom stereocenters. The van der Waals surface area contributed by atoms with Gasteiger partial charge in [-0.05, 0) is 37.3 Å². The largest absolute Gasteiger partial charge is 0.416 e. The molecule has 19 heavy (non-hydrogen) atoms. The van der Waals surface area contributed by atoms with E-state index in [-0.39, 0.29) is 12.6 Å². The quantitative estimate of drug-likeness (QED) is 0.857. The van der Waals surface area contributed by atoms with E-state index in [1.54, 1.807) is 12.1 Å². The molecule has 1 aliphatic rings. The maximum atomic E-state index is 12.8. The molecule has 0 radical (unpaired) electrons. The fraction of sp³-hybridized carbons (Fsp3) is 0.600. The minimum absolute atomic E-state index is 0.281. The molecule has 1 nitrogen and oxygen atoms in total. The molecule has 0 amide bonds. The summed E-state index contributed by atoms with van der Waals surface area (Å²) >= 11 is 0. The van der Waals surface area contributed by atoms with Gasteiger partial charge in [0.05, 0.1) is 5.56 Å². The van der Waals surface area contributed by atoms with Crippen LogP contribution in [0.25, 0.3) is 0 Å². The number of alkyl halides is 3. The van der Waals surface area contributed by atoms with E-state index >= 15 is 0 Å². The number of hydrogen-bond donors (Lipinski definition) is 1. The Morgan fingerprint density at radius 2 is 1.84 bits per heavy atom. The Hall–Kier alpha value is -1.03. The lowest BCUT2D eigenvalue weighted by atomic mass is 9.99. The van der Waals surface area contributed by atoms with Crippen molar-refractivity contribution in [1.29, 1.82) is 0 Å². The summed E-state index contributed by atoms with van der Waals surface area (Å²) < 4.78 is 38.5. The summed E-state index contributed by atoms with van der Waals surface area (Å²) in [5, 5.41) is 3.25. The summed E-state index contributed by atoms with van der Waals surface area (Å²) in [4.78, 5) is 0. The first-order valence-corrected chi connectivity index (χ1v) is 6.87. The highest BCUT2D eigenvalue weighted by Gasteiger charge is 2.33. The van der Waals surface area contributed by atoms with Crippen LogP contribution in [0.4, 0.5) is 13.2 Å². The van der Waals surface area contributed by atoms with Crippen LogP contribution in [0.2, 0.25) is 0 Å². The predicted molar refractivity (Wildman–Crippen MR) is 69.7 cm³/mol. The van der Waals surface area contributed by atoms with Gasteiger partial charge in [0, 0.05) is 12.6 Å². The van der Waals surface area contributed by atoms with Gasteiger partial charge in [-0.25, -0.2) is 0 Å². The molecular formula is C15H20F3N. The van der Waals surface area contributed by atoms with Gasteiger partial charge in [-0.3, -0.25) is 0 Å². The molecule has 106 valence electrons. The molecule has 0 spiro atoms. The van der Waals surface area contributed by atoms with Gasteiger partial charge in [0.15, 0.2) is 0 Å². The lowest BCUT2D eigenvalue weighted by molar-refractivity contribution is -0.138. The third kappa shape index (κ3) is 3.72. The zero-order valence-electron chi connectivity index (χ0n) is 11.1. The highest BCUT2D eigenvalue weighted by molar-refractivity contribution is 5.29. The van der Waals surface area contributed by atoms with E-state index in [9.17, 15) is 13.2 Å². The SMILES string of the molecule is C[C@H](NCc1ccccc1C(F)(F)F)C1CCCC1. The fourth-order valence-electron chi connectivity index (χ4n) is 2.85. The Bertz CT molecular complexity index is 408. The second-order valence-electron chi connectivity index (χ2n) is 5.37. The van der Waals surface area contributed by atoms with Gasteiger partial charge in [0.2, 0.25) is 0 Å². The summed E-state index contributed by atoms with van der Waals surface area (Å²) in [7, 11) is 0. The van der Waals surface area contributed by atoms with Crippen molar-refractivity contribution >= 4 is 0 Å². The van der Waals surface area contributed by atoms with Crippen LogP contribution in [0.5, 0.6) is 0 Å². The standard InChI is InChI=1S/C15H20F3N/c1-11(12-6-2-3-7-12)19-10-13-8-4-5-9-14(13)15(16,17)18/h4-5,8-9,11-12,19H,2-3,6-7,10H2,1H3/t11-/m0/s1. The number of rotatable bonds is 4. The first kappa shape index (κ1) is 14.4. The van der Waals surface area contributed by atoms with Crippen molar-refractivity contribution in [3.8, 4) is 0 Å². The Kier molecular flexibility index (Phi) is 4.50. The molecule has 2 rings (SSSR count).